The van der Waals surface area contributed by atoms with Crippen molar-refractivity contribution in [3.63, 3.8) is 0 Å². The van der Waals surface area contributed by atoms with Crippen LogP contribution in [0.5, 0.6) is 0 Å². The van der Waals surface area contributed by atoms with Crippen LogP contribution in [0.1, 0.15) is 57.8 Å². The molecule has 4 aromatic rings. The van der Waals surface area contributed by atoms with E-state index in [0.29, 0.717) is 0 Å². The van der Waals surface area contributed by atoms with Crippen LogP contribution in [0.2, 0.25) is 0 Å². The fourth-order valence-corrected chi connectivity index (χ4v) is 4.88. The van der Waals surface area contributed by atoms with Crippen LogP contribution in [-0.4, -0.2) is 28.1 Å². The number of carbonyl (C=O) groups is 1. The Hall–Kier alpha value is -3.34. The normalized spacial score (nSPS) is 12.9. The van der Waals surface area contributed by atoms with Gasteiger partial charge in [-0.15, -0.1) is 23.8 Å². The van der Waals surface area contributed by atoms with Gasteiger partial charge in [0.15, 0.2) is 5.69 Å². The van der Waals surface area contributed by atoms with E-state index in [-0.39, 0.29) is 31.2 Å². The Morgan fingerprint density at radius 3 is 2.24 bits per heavy atom. The molecule has 1 radical (unpaired) electrons. The van der Waals surface area contributed by atoms with Crippen LogP contribution in [0.15, 0.2) is 60.8 Å². The van der Waals surface area contributed by atoms with E-state index in [1.54, 1.807) is 6.92 Å². The second-order valence-electron chi connectivity index (χ2n) is 9.76. The van der Waals surface area contributed by atoms with Gasteiger partial charge in [0.05, 0.1) is 0 Å². The number of aromatic carboxylic acids is 1. The molecule has 0 amide bonds. The predicted octanol–water partition coefficient (Wildman–Crippen LogP) is 6.97. The van der Waals surface area contributed by atoms with Gasteiger partial charge in [-0.3, -0.25) is 0 Å². The second kappa shape index (κ2) is 11.0. The first-order valence-corrected chi connectivity index (χ1v) is 12.0. The third-order valence-corrected chi connectivity index (χ3v) is 7.34. The number of nitrogens with zero attached hydrogens (tertiary/aromatic N) is 3. The number of hydrogen-bond acceptors (Lipinski definition) is 4. The van der Waals surface area contributed by atoms with Crippen molar-refractivity contribution in [2.75, 3.05) is 11.9 Å². The molecule has 2 aromatic carbocycles. The van der Waals surface area contributed by atoms with Crippen LogP contribution < -0.4 is 4.90 Å². The zero-order chi connectivity index (χ0) is 26.2. The number of benzene rings is 2. The Balaban J connectivity index is 0.000000234. The predicted molar refractivity (Wildman–Crippen MR) is 145 cm³/mol. The van der Waals surface area contributed by atoms with Gasteiger partial charge >= 0.3 is 5.97 Å². The summed E-state index contributed by atoms with van der Waals surface area (Å²) < 4.78 is 0. The molecule has 0 saturated carbocycles. The van der Waals surface area contributed by atoms with Crippen LogP contribution in [0.25, 0.3) is 11.3 Å². The largest absolute Gasteiger partial charge is 0.477 e. The molecule has 0 spiro atoms. The van der Waals surface area contributed by atoms with Gasteiger partial charge in [0.2, 0.25) is 0 Å². The van der Waals surface area contributed by atoms with Gasteiger partial charge in [-0.2, -0.15) is 0 Å². The van der Waals surface area contributed by atoms with Gasteiger partial charge in [-0.05, 0) is 73.5 Å². The fraction of sp³-hybridized carbons (Fsp3) is 0.258. The number of pyridine rings is 2. The molecule has 1 aliphatic rings. The third kappa shape index (κ3) is 5.09. The van der Waals surface area contributed by atoms with Gasteiger partial charge in [-0.25, -0.2) is 9.78 Å². The van der Waals surface area contributed by atoms with Crippen molar-refractivity contribution in [2.24, 2.45) is 0 Å². The van der Waals surface area contributed by atoms with E-state index in [9.17, 15) is 4.79 Å². The van der Waals surface area contributed by atoms with Gasteiger partial charge in [-0.1, -0.05) is 49.7 Å². The number of hydrogen-bond donors (Lipinski definition) is 1. The number of fused-ring (bicyclic) bond motifs is 2. The maximum absolute atomic E-state index is 10.8. The summed E-state index contributed by atoms with van der Waals surface area (Å²) >= 11 is 0. The molecule has 0 aliphatic carbocycles. The minimum Gasteiger partial charge on any atom is -0.477 e. The SMILES string of the molecule is CN1c2ccccc2C(C)(C)c2cc[c-]c(-c3ccccn3)c21.Cc1nc(C(=O)O)c(C)c(C)c1C.[Ir]. The van der Waals surface area contributed by atoms with E-state index in [1.807, 2.05) is 51.2 Å². The molecule has 1 aliphatic heterocycles. The third-order valence-electron chi connectivity index (χ3n) is 7.34. The van der Waals surface area contributed by atoms with Crippen molar-refractivity contribution in [3.8, 4) is 11.3 Å². The molecule has 0 unspecified atom stereocenters. The van der Waals surface area contributed by atoms with E-state index in [4.69, 9.17) is 5.11 Å². The van der Waals surface area contributed by atoms with Crippen molar-refractivity contribution in [2.45, 2.75) is 47.0 Å². The first-order valence-electron chi connectivity index (χ1n) is 12.0. The Morgan fingerprint density at radius 2 is 1.59 bits per heavy atom. The average Bonchev–Trinajstić information content (AvgIpc) is 2.88. The number of rotatable bonds is 2. The first-order chi connectivity index (χ1) is 17.1. The fourth-order valence-electron chi connectivity index (χ4n) is 4.88. The number of para-hydroxylation sites is 1. The van der Waals surface area contributed by atoms with Crippen LogP contribution in [0.4, 0.5) is 11.4 Å². The zero-order valence-corrected chi connectivity index (χ0v) is 24.7. The molecule has 1 N–H and O–H groups in total. The monoisotopic (exact) mass is 671 g/mol. The van der Waals surface area contributed by atoms with Crippen molar-refractivity contribution >= 4 is 17.3 Å². The quantitative estimate of drug-likeness (QED) is 0.234. The van der Waals surface area contributed by atoms with Crippen LogP contribution in [0.3, 0.4) is 0 Å². The summed E-state index contributed by atoms with van der Waals surface area (Å²) in [6.07, 6.45) is 1.84. The summed E-state index contributed by atoms with van der Waals surface area (Å²) in [5.74, 6) is -0.955. The topological polar surface area (TPSA) is 66.3 Å². The van der Waals surface area contributed by atoms with Crippen molar-refractivity contribution in [1.82, 2.24) is 9.97 Å². The smallest absolute Gasteiger partial charge is 0.354 e. The van der Waals surface area contributed by atoms with E-state index in [2.05, 4.69) is 72.2 Å². The number of aromatic nitrogens is 2. The van der Waals surface area contributed by atoms with Crippen molar-refractivity contribution in [1.29, 1.82) is 0 Å². The molecular formula is C31H32IrN3O2-. The first kappa shape index (κ1) is 28.2. The minimum atomic E-state index is -0.955. The maximum atomic E-state index is 10.8. The summed E-state index contributed by atoms with van der Waals surface area (Å²) in [5.41, 5.74) is 10.9. The summed E-state index contributed by atoms with van der Waals surface area (Å²) in [5, 5.41) is 8.84. The Labute approximate surface area is 233 Å². The molecule has 0 bridgehead atoms. The van der Waals surface area contributed by atoms with Crippen molar-refractivity contribution < 1.29 is 30.0 Å². The van der Waals surface area contributed by atoms with Crippen LogP contribution in [0, 0.1) is 33.8 Å². The van der Waals surface area contributed by atoms with E-state index >= 15 is 0 Å². The zero-order valence-electron chi connectivity index (χ0n) is 22.3. The Morgan fingerprint density at radius 1 is 0.919 bits per heavy atom. The standard InChI is InChI=1S/C21H19N2.C10H13NO2.Ir/c1-21(2)16-10-4-5-13-19(16)23(3)20-15(9-8-11-17(20)21)18-12-6-7-14-22-18;1-5-6(2)8(4)11-9(7(5)3)10(12)13;/h4-8,10-14H,1-3H3;1-4H3,(H,12,13);/q-1;;. The van der Waals surface area contributed by atoms with Gasteiger partial charge < -0.3 is 15.0 Å². The molecule has 0 atom stereocenters. The number of carboxylic acids is 1. The molecule has 2 aromatic heterocycles. The molecule has 6 heteroatoms. The summed E-state index contributed by atoms with van der Waals surface area (Å²) in [6, 6.07) is 22.3. The molecule has 3 heterocycles. The number of carboxylic acid groups (broad SMARTS) is 1. The van der Waals surface area contributed by atoms with Crippen molar-refractivity contribution in [3.05, 3.63) is 106 Å². The van der Waals surface area contributed by atoms with E-state index in [1.165, 1.54) is 22.5 Å². The van der Waals surface area contributed by atoms with Crippen LogP contribution in [-0.2, 0) is 25.5 Å². The van der Waals surface area contributed by atoms with Gasteiger partial charge in [0.1, 0.15) is 0 Å². The Bertz CT molecular complexity index is 1450. The molecule has 0 saturated heterocycles. The van der Waals surface area contributed by atoms with Gasteiger partial charge in [0, 0.05) is 50.1 Å². The average molecular weight is 671 g/mol. The Kier molecular flexibility index (Phi) is 8.36. The second-order valence-corrected chi connectivity index (χ2v) is 9.76. The summed E-state index contributed by atoms with van der Waals surface area (Å²) in [4.78, 5) is 21.6. The molecule has 37 heavy (non-hydrogen) atoms. The molecule has 0 fully saturated rings. The summed E-state index contributed by atoms with van der Waals surface area (Å²) in [7, 11) is 2.13. The minimum absolute atomic E-state index is 0. The number of anilines is 2. The maximum Gasteiger partial charge on any atom is 0.354 e. The van der Waals surface area contributed by atoms with E-state index < -0.39 is 5.97 Å². The van der Waals surface area contributed by atoms with Gasteiger partial charge in [0.25, 0.3) is 0 Å². The molecule has 193 valence electrons. The van der Waals surface area contributed by atoms with E-state index in [0.717, 1.165) is 33.6 Å². The molecule has 5 nitrogen and oxygen atoms in total. The molecule has 5 rings (SSSR count). The molecular weight excluding hydrogens is 639 g/mol. The van der Waals surface area contributed by atoms with Crippen LogP contribution >= 0.6 is 0 Å². The number of aryl methyl sites for hydroxylation is 1. The summed E-state index contributed by atoms with van der Waals surface area (Å²) in [6.45, 7) is 12.1.